The van der Waals surface area contributed by atoms with Crippen molar-refractivity contribution in [2.45, 2.75) is 44.9 Å². The number of hydrogen-bond acceptors (Lipinski definition) is 4. The summed E-state index contributed by atoms with van der Waals surface area (Å²) in [5.74, 6) is 1.54. The predicted octanol–water partition coefficient (Wildman–Crippen LogP) is 3.82. The van der Waals surface area contributed by atoms with Crippen molar-refractivity contribution < 1.29 is 0 Å². The summed E-state index contributed by atoms with van der Waals surface area (Å²) in [4.78, 5) is 4.70. The molecule has 1 fully saturated rings. The van der Waals surface area contributed by atoms with Gasteiger partial charge in [-0.25, -0.2) is 9.67 Å². The lowest BCUT2D eigenvalue weighted by atomic mass is 9.89. The normalized spacial score (nSPS) is 16.0. The predicted molar refractivity (Wildman–Crippen MR) is 96.0 cm³/mol. The molecule has 1 aromatic carbocycles. The van der Waals surface area contributed by atoms with Gasteiger partial charge >= 0.3 is 0 Å². The van der Waals surface area contributed by atoms with Crippen LogP contribution in [0.5, 0.6) is 0 Å². The van der Waals surface area contributed by atoms with Crippen LogP contribution in [0, 0.1) is 6.92 Å². The van der Waals surface area contributed by atoms with Gasteiger partial charge in [0.2, 0.25) is 0 Å². The smallest absolute Gasteiger partial charge is 0.174 e. The fourth-order valence-corrected chi connectivity index (χ4v) is 3.95. The number of aromatic nitrogens is 6. The van der Waals surface area contributed by atoms with E-state index in [0.29, 0.717) is 5.92 Å². The number of nitrogens with zero attached hydrogens (tertiary/aromatic N) is 6. The molecule has 0 bridgehead atoms. The summed E-state index contributed by atoms with van der Waals surface area (Å²) in [6, 6.07) is 8.20. The molecular formula is C19H20N6. The summed E-state index contributed by atoms with van der Waals surface area (Å²) in [7, 11) is 0. The Bertz CT molecular complexity index is 1050. The Labute approximate surface area is 145 Å². The second-order valence-corrected chi connectivity index (χ2v) is 6.91. The Balaban J connectivity index is 1.67. The fraction of sp³-hybridized carbons (Fsp3) is 0.368. The van der Waals surface area contributed by atoms with Gasteiger partial charge in [0, 0.05) is 5.92 Å². The highest BCUT2D eigenvalue weighted by molar-refractivity contribution is 5.89. The molecule has 3 heterocycles. The van der Waals surface area contributed by atoms with E-state index in [1.165, 1.54) is 37.7 Å². The SMILES string of the molecule is Cc1ccccc1-n1ncc2c1ncn1c(C3CCCCC3)nnc21. The van der Waals surface area contributed by atoms with Gasteiger partial charge in [0.1, 0.15) is 12.2 Å². The molecule has 1 saturated carbocycles. The van der Waals surface area contributed by atoms with Gasteiger partial charge in [-0.05, 0) is 31.4 Å². The Kier molecular flexibility index (Phi) is 3.29. The van der Waals surface area contributed by atoms with Crippen molar-refractivity contribution >= 4 is 16.7 Å². The average Bonchev–Trinajstić information content (AvgIpc) is 3.26. The molecule has 5 rings (SSSR count). The van der Waals surface area contributed by atoms with E-state index in [2.05, 4.69) is 38.8 Å². The Morgan fingerprint density at radius 2 is 1.84 bits per heavy atom. The lowest BCUT2D eigenvalue weighted by Crippen LogP contribution is -2.09. The summed E-state index contributed by atoms with van der Waals surface area (Å²) in [5.41, 5.74) is 3.88. The quantitative estimate of drug-likeness (QED) is 0.560. The standard InChI is InChI=1S/C19H20N6/c1-13-7-5-6-10-16(13)25-18-15(11-21-25)19-23-22-17(24(19)12-20-18)14-8-3-2-4-9-14/h5-7,10-12,14H,2-4,8-9H2,1H3. The molecule has 126 valence electrons. The molecule has 0 atom stereocenters. The van der Waals surface area contributed by atoms with Crippen molar-refractivity contribution in [2.24, 2.45) is 0 Å². The first-order chi connectivity index (χ1) is 12.3. The van der Waals surface area contributed by atoms with Gasteiger partial charge in [-0.3, -0.25) is 4.40 Å². The van der Waals surface area contributed by atoms with Crippen LogP contribution in [0.1, 0.15) is 49.4 Å². The molecule has 25 heavy (non-hydrogen) atoms. The van der Waals surface area contributed by atoms with Gasteiger partial charge < -0.3 is 0 Å². The van der Waals surface area contributed by atoms with Crippen molar-refractivity contribution in [1.29, 1.82) is 0 Å². The number of benzene rings is 1. The molecule has 0 spiro atoms. The summed E-state index contributed by atoms with van der Waals surface area (Å²) in [5, 5.41) is 14.5. The van der Waals surface area contributed by atoms with E-state index < -0.39 is 0 Å². The van der Waals surface area contributed by atoms with Crippen molar-refractivity contribution in [1.82, 2.24) is 29.4 Å². The first-order valence-electron chi connectivity index (χ1n) is 8.96. The van der Waals surface area contributed by atoms with Crippen LogP contribution in [-0.4, -0.2) is 29.4 Å². The minimum Gasteiger partial charge on any atom is -0.268 e. The molecule has 3 aromatic heterocycles. The zero-order valence-corrected chi connectivity index (χ0v) is 14.3. The fourth-order valence-electron chi connectivity index (χ4n) is 3.95. The summed E-state index contributed by atoms with van der Waals surface area (Å²) >= 11 is 0. The Hall–Kier alpha value is -2.76. The monoisotopic (exact) mass is 332 g/mol. The first-order valence-corrected chi connectivity index (χ1v) is 8.96. The molecule has 0 unspecified atom stereocenters. The molecule has 0 saturated heterocycles. The van der Waals surface area contributed by atoms with Gasteiger partial charge in [-0.1, -0.05) is 37.5 Å². The Morgan fingerprint density at radius 1 is 1.00 bits per heavy atom. The maximum Gasteiger partial charge on any atom is 0.174 e. The molecule has 0 N–H and O–H groups in total. The summed E-state index contributed by atoms with van der Waals surface area (Å²) in [6.45, 7) is 2.08. The van der Waals surface area contributed by atoms with Gasteiger partial charge in [-0.15, -0.1) is 10.2 Å². The first kappa shape index (κ1) is 14.6. The van der Waals surface area contributed by atoms with Gasteiger partial charge in [0.15, 0.2) is 11.3 Å². The highest BCUT2D eigenvalue weighted by atomic mass is 15.3. The van der Waals surface area contributed by atoms with E-state index in [9.17, 15) is 0 Å². The third-order valence-electron chi connectivity index (χ3n) is 5.32. The van der Waals surface area contributed by atoms with Crippen LogP contribution < -0.4 is 0 Å². The molecular weight excluding hydrogens is 312 g/mol. The van der Waals surface area contributed by atoms with Gasteiger partial charge in [-0.2, -0.15) is 5.10 Å². The van der Waals surface area contributed by atoms with E-state index in [1.54, 1.807) is 0 Å². The topological polar surface area (TPSA) is 60.9 Å². The lowest BCUT2D eigenvalue weighted by Gasteiger charge is -2.19. The van der Waals surface area contributed by atoms with E-state index in [0.717, 1.165) is 28.2 Å². The molecule has 0 amide bonds. The maximum atomic E-state index is 4.70. The van der Waals surface area contributed by atoms with Gasteiger partial charge in [0.25, 0.3) is 0 Å². The molecule has 1 aliphatic rings. The highest BCUT2D eigenvalue weighted by Crippen LogP contribution is 2.32. The number of para-hydroxylation sites is 1. The third-order valence-corrected chi connectivity index (χ3v) is 5.32. The zero-order chi connectivity index (χ0) is 16.8. The molecule has 4 aromatic rings. The highest BCUT2D eigenvalue weighted by Gasteiger charge is 2.22. The van der Waals surface area contributed by atoms with E-state index in [4.69, 9.17) is 4.98 Å². The zero-order valence-electron chi connectivity index (χ0n) is 14.3. The molecule has 6 nitrogen and oxygen atoms in total. The van der Waals surface area contributed by atoms with E-state index in [1.807, 2.05) is 29.3 Å². The third kappa shape index (κ3) is 2.24. The van der Waals surface area contributed by atoms with Crippen LogP contribution in [0.25, 0.3) is 22.4 Å². The van der Waals surface area contributed by atoms with Crippen LogP contribution in [0.15, 0.2) is 36.8 Å². The number of rotatable bonds is 2. The van der Waals surface area contributed by atoms with Gasteiger partial charge in [0.05, 0.1) is 17.3 Å². The van der Waals surface area contributed by atoms with E-state index >= 15 is 0 Å². The molecule has 0 radical (unpaired) electrons. The van der Waals surface area contributed by atoms with Crippen LogP contribution >= 0.6 is 0 Å². The van der Waals surface area contributed by atoms with Crippen LogP contribution in [0.3, 0.4) is 0 Å². The number of fused-ring (bicyclic) bond motifs is 3. The lowest BCUT2D eigenvalue weighted by molar-refractivity contribution is 0.426. The van der Waals surface area contributed by atoms with Crippen molar-refractivity contribution in [3.05, 3.63) is 48.2 Å². The molecule has 0 aliphatic heterocycles. The van der Waals surface area contributed by atoms with Crippen molar-refractivity contribution in [2.75, 3.05) is 0 Å². The van der Waals surface area contributed by atoms with Crippen molar-refractivity contribution in [3.8, 4) is 5.69 Å². The second kappa shape index (κ2) is 5.65. The summed E-state index contributed by atoms with van der Waals surface area (Å²) in [6.07, 6.45) is 9.99. The molecule has 6 heteroatoms. The Morgan fingerprint density at radius 3 is 2.68 bits per heavy atom. The van der Waals surface area contributed by atoms with Crippen LogP contribution in [0.2, 0.25) is 0 Å². The number of hydrogen-bond donors (Lipinski definition) is 0. The minimum atomic E-state index is 0.495. The van der Waals surface area contributed by atoms with Crippen molar-refractivity contribution in [3.63, 3.8) is 0 Å². The number of aryl methyl sites for hydroxylation is 1. The van der Waals surface area contributed by atoms with Crippen LogP contribution in [-0.2, 0) is 0 Å². The maximum absolute atomic E-state index is 4.70. The van der Waals surface area contributed by atoms with E-state index in [-0.39, 0.29) is 0 Å². The minimum absolute atomic E-state index is 0.495. The average molecular weight is 332 g/mol. The second-order valence-electron chi connectivity index (χ2n) is 6.91. The largest absolute Gasteiger partial charge is 0.268 e. The summed E-state index contributed by atoms with van der Waals surface area (Å²) < 4.78 is 3.95. The van der Waals surface area contributed by atoms with Crippen LogP contribution in [0.4, 0.5) is 0 Å². The molecule has 1 aliphatic carbocycles.